The van der Waals surface area contributed by atoms with Gasteiger partial charge in [0, 0.05) is 12.8 Å². The van der Waals surface area contributed by atoms with Gasteiger partial charge in [-0.05, 0) is 38.0 Å². The van der Waals surface area contributed by atoms with Crippen molar-refractivity contribution in [3.05, 3.63) is 23.8 Å². The van der Waals surface area contributed by atoms with E-state index in [4.69, 9.17) is 14.2 Å². The van der Waals surface area contributed by atoms with Crippen molar-refractivity contribution < 1.29 is 23.8 Å². The summed E-state index contributed by atoms with van der Waals surface area (Å²) in [6, 6.07) is 4.92. The van der Waals surface area contributed by atoms with E-state index in [1.165, 1.54) is 14.2 Å². The summed E-state index contributed by atoms with van der Waals surface area (Å²) < 4.78 is 15.8. The zero-order valence-corrected chi connectivity index (χ0v) is 15.8. The van der Waals surface area contributed by atoms with Crippen LogP contribution in [0.3, 0.4) is 0 Å². The Labute approximate surface area is 149 Å². The Hall–Kier alpha value is -2.08. The van der Waals surface area contributed by atoms with Gasteiger partial charge in [-0.1, -0.05) is 26.7 Å². The van der Waals surface area contributed by atoms with Crippen LogP contribution in [0, 0.1) is 0 Å². The predicted molar refractivity (Wildman–Crippen MR) is 97.1 cm³/mol. The highest BCUT2D eigenvalue weighted by Crippen LogP contribution is 2.26. The van der Waals surface area contributed by atoms with Gasteiger partial charge in [-0.2, -0.15) is 0 Å². The third kappa shape index (κ3) is 5.74. The van der Waals surface area contributed by atoms with Crippen molar-refractivity contribution in [1.82, 2.24) is 0 Å². The molecule has 0 aliphatic heterocycles. The highest BCUT2D eigenvalue weighted by molar-refractivity contribution is 5.99. The fraction of sp³-hybridized carbons (Fsp3) is 0.579. The minimum Gasteiger partial charge on any atom is -0.493 e. The van der Waals surface area contributed by atoms with Crippen LogP contribution in [0.2, 0.25) is 0 Å². The first-order valence-corrected chi connectivity index (χ1v) is 8.63. The third-order valence-corrected chi connectivity index (χ3v) is 4.04. The van der Waals surface area contributed by atoms with Gasteiger partial charge in [0.05, 0.1) is 13.7 Å². The summed E-state index contributed by atoms with van der Waals surface area (Å²) in [5.41, 5.74) is -0.144. The number of hydrogen-bond acceptors (Lipinski definition) is 5. The number of ether oxygens (including phenoxy) is 3. The normalized spacial score (nSPS) is 13.0. The predicted octanol–water partition coefficient (Wildman–Crippen LogP) is 3.80. The number of unbranched alkanes of at least 4 members (excludes halogenated alkanes) is 1. The first-order valence-electron chi connectivity index (χ1n) is 8.63. The molecule has 25 heavy (non-hydrogen) atoms. The molecule has 0 aliphatic rings. The lowest BCUT2D eigenvalue weighted by Gasteiger charge is -2.27. The monoisotopic (exact) mass is 351 g/mol. The van der Waals surface area contributed by atoms with E-state index < -0.39 is 11.6 Å². The Balaban J connectivity index is 3.01. The SMILES string of the molecule is CCCC[C@](C)(OC)C(=O)Nc1ccc(OCCC)c(C(=O)OC)c1. The van der Waals surface area contributed by atoms with Crippen molar-refractivity contribution in [2.45, 2.75) is 52.1 Å². The lowest BCUT2D eigenvalue weighted by Crippen LogP contribution is -2.41. The molecular formula is C19H29NO5. The molecular weight excluding hydrogens is 322 g/mol. The number of anilines is 1. The maximum Gasteiger partial charge on any atom is 0.341 e. The minimum atomic E-state index is -0.918. The summed E-state index contributed by atoms with van der Waals surface area (Å²) >= 11 is 0. The number of carbonyl (C=O) groups excluding carboxylic acids is 2. The number of amides is 1. The first-order chi connectivity index (χ1) is 11.9. The Kier molecular flexibility index (Phi) is 8.41. The minimum absolute atomic E-state index is 0.249. The largest absolute Gasteiger partial charge is 0.493 e. The number of rotatable bonds is 10. The number of methoxy groups -OCH3 is 2. The highest BCUT2D eigenvalue weighted by Gasteiger charge is 2.32. The molecule has 1 N–H and O–H groups in total. The first kappa shape index (κ1) is 21.0. The second-order valence-corrected chi connectivity index (χ2v) is 6.04. The summed E-state index contributed by atoms with van der Waals surface area (Å²) in [5, 5.41) is 2.82. The molecule has 0 saturated carbocycles. The Morgan fingerprint density at radius 1 is 1.16 bits per heavy atom. The fourth-order valence-electron chi connectivity index (χ4n) is 2.30. The molecule has 0 aromatic heterocycles. The Morgan fingerprint density at radius 2 is 1.88 bits per heavy atom. The van der Waals surface area contributed by atoms with Crippen LogP contribution in [0.25, 0.3) is 0 Å². The lowest BCUT2D eigenvalue weighted by molar-refractivity contribution is -0.136. The molecule has 0 radical (unpaired) electrons. The van der Waals surface area contributed by atoms with Gasteiger partial charge in [-0.15, -0.1) is 0 Å². The fourth-order valence-corrected chi connectivity index (χ4v) is 2.30. The topological polar surface area (TPSA) is 73.9 Å². The molecule has 0 heterocycles. The van der Waals surface area contributed by atoms with Crippen LogP contribution in [-0.2, 0) is 14.3 Å². The van der Waals surface area contributed by atoms with Crippen molar-refractivity contribution >= 4 is 17.6 Å². The van der Waals surface area contributed by atoms with Crippen molar-refractivity contribution in [2.75, 3.05) is 26.1 Å². The molecule has 6 heteroatoms. The lowest BCUT2D eigenvalue weighted by atomic mass is 9.97. The van der Waals surface area contributed by atoms with Gasteiger partial charge >= 0.3 is 5.97 Å². The third-order valence-electron chi connectivity index (χ3n) is 4.04. The number of hydrogen-bond donors (Lipinski definition) is 1. The van der Waals surface area contributed by atoms with E-state index in [-0.39, 0.29) is 11.5 Å². The van der Waals surface area contributed by atoms with Crippen molar-refractivity contribution in [3.8, 4) is 5.75 Å². The smallest absolute Gasteiger partial charge is 0.341 e. The van der Waals surface area contributed by atoms with E-state index in [0.717, 1.165) is 19.3 Å². The zero-order chi connectivity index (χ0) is 18.9. The quantitative estimate of drug-likeness (QED) is 0.649. The van der Waals surface area contributed by atoms with Crippen molar-refractivity contribution in [3.63, 3.8) is 0 Å². The molecule has 1 aromatic rings. The van der Waals surface area contributed by atoms with E-state index >= 15 is 0 Å². The number of carbonyl (C=O) groups is 2. The average molecular weight is 351 g/mol. The summed E-state index contributed by atoms with van der Waals surface area (Å²) in [7, 11) is 2.83. The summed E-state index contributed by atoms with van der Waals surface area (Å²) in [5.74, 6) is -0.323. The number of benzene rings is 1. The molecule has 1 amide bonds. The molecule has 0 aliphatic carbocycles. The van der Waals surface area contributed by atoms with E-state index in [2.05, 4.69) is 12.2 Å². The molecule has 1 atom stereocenters. The van der Waals surface area contributed by atoms with Crippen LogP contribution in [0.15, 0.2) is 18.2 Å². The number of nitrogens with one attached hydrogen (secondary N) is 1. The van der Waals surface area contributed by atoms with Gasteiger partial charge in [-0.3, -0.25) is 4.79 Å². The maximum atomic E-state index is 12.6. The molecule has 0 unspecified atom stereocenters. The van der Waals surface area contributed by atoms with Crippen molar-refractivity contribution in [1.29, 1.82) is 0 Å². The summed E-state index contributed by atoms with van der Waals surface area (Å²) in [6.45, 7) is 6.30. The second-order valence-electron chi connectivity index (χ2n) is 6.04. The maximum absolute atomic E-state index is 12.6. The molecule has 0 bridgehead atoms. The highest BCUT2D eigenvalue weighted by atomic mass is 16.5. The summed E-state index contributed by atoms with van der Waals surface area (Å²) in [6.07, 6.45) is 3.30. The van der Waals surface area contributed by atoms with Gasteiger partial charge in [0.25, 0.3) is 5.91 Å². The van der Waals surface area contributed by atoms with Gasteiger partial charge in [-0.25, -0.2) is 4.79 Å². The molecule has 0 fully saturated rings. The molecule has 1 aromatic carbocycles. The van der Waals surface area contributed by atoms with Crippen LogP contribution < -0.4 is 10.1 Å². The van der Waals surface area contributed by atoms with Crippen LogP contribution in [0.1, 0.15) is 56.8 Å². The Morgan fingerprint density at radius 3 is 2.44 bits per heavy atom. The molecule has 140 valence electrons. The molecule has 0 saturated heterocycles. The number of esters is 1. The van der Waals surface area contributed by atoms with Crippen LogP contribution in [0.4, 0.5) is 5.69 Å². The van der Waals surface area contributed by atoms with Gasteiger partial charge in [0.15, 0.2) is 0 Å². The van der Waals surface area contributed by atoms with E-state index in [1.54, 1.807) is 25.1 Å². The zero-order valence-electron chi connectivity index (χ0n) is 15.8. The molecule has 6 nitrogen and oxygen atoms in total. The van der Waals surface area contributed by atoms with Gasteiger partial charge < -0.3 is 19.5 Å². The van der Waals surface area contributed by atoms with E-state index in [9.17, 15) is 9.59 Å². The Bertz CT molecular complexity index is 587. The van der Waals surface area contributed by atoms with Crippen LogP contribution in [-0.4, -0.2) is 38.3 Å². The molecule has 0 spiro atoms. The summed E-state index contributed by atoms with van der Waals surface area (Å²) in [4.78, 5) is 24.6. The molecule has 1 rings (SSSR count). The van der Waals surface area contributed by atoms with Gasteiger partial charge in [0.2, 0.25) is 0 Å². The van der Waals surface area contributed by atoms with E-state index in [0.29, 0.717) is 24.5 Å². The van der Waals surface area contributed by atoms with E-state index in [1.807, 2.05) is 6.92 Å². The van der Waals surface area contributed by atoms with Crippen molar-refractivity contribution in [2.24, 2.45) is 0 Å². The van der Waals surface area contributed by atoms with Crippen LogP contribution >= 0.6 is 0 Å². The standard InChI is InChI=1S/C19H29NO5/c1-6-8-11-19(3,24-5)18(22)20-14-9-10-16(25-12-7-2)15(13-14)17(21)23-4/h9-10,13H,6-8,11-12H2,1-5H3,(H,20,22)/t19-/m0/s1. The second kappa shape index (κ2) is 10.0. The van der Waals surface area contributed by atoms with Crippen LogP contribution in [0.5, 0.6) is 5.75 Å². The van der Waals surface area contributed by atoms with Gasteiger partial charge in [0.1, 0.15) is 16.9 Å². The average Bonchev–Trinajstić information content (AvgIpc) is 2.64.